The number of aromatic nitrogens is 7. The van der Waals surface area contributed by atoms with Crippen LogP contribution in [0.5, 0.6) is 0 Å². The minimum Gasteiger partial charge on any atom is -0.375 e. The zero-order valence-corrected chi connectivity index (χ0v) is 17.3. The molecule has 10 heteroatoms. The van der Waals surface area contributed by atoms with E-state index < -0.39 is 0 Å². The number of methoxy groups -OCH3 is 1. The van der Waals surface area contributed by atoms with Crippen molar-refractivity contribution in [3.05, 3.63) is 65.0 Å². The molecule has 0 spiro atoms. The average molecular weight is 416 g/mol. The van der Waals surface area contributed by atoms with Crippen LogP contribution in [0, 0.1) is 18.3 Å². The average Bonchev–Trinajstić information content (AvgIpc) is 3.42. The predicted octanol–water partition coefficient (Wildman–Crippen LogP) is 1.95. The molecule has 0 aliphatic rings. The molecule has 0 radical (unpaired) electrons. The standard InChI is InChI=1S/C21H20N8O2/c1-13-6-19-23-12-17(20(14(2)31-3)28(19)27-13)9-18(30)8-15-7-16(10-22)21(24-11-15)29-25-4-5-26-29/h4-7,11-12,14H,8-9H2,1-3H3/t14-/m0/s1. The van der Waals surface area contributed by atoms with E-state index in [0.717, 1.165) is 17.0 Å². The number of carbonyl (C=O) groups is 1. The van der Waals surface area contributed by atoms with Crippen molar-refractivity contribution in [2.75, 3.05) is 7.11 Å². The van der Waals surface area contributed by atoms with Crippen molar-refractivity contribution >= 4 is 11.4 Å². The van der Waals surface area contributed by atoms with E-state index in [1.165, 1.54) is 17.2 Å². The molecule has 0 fully saturated rings. The summed E-state index contributed by atoms with van der Waals surface area (Å²) < 4.78 is 7.24. The fourth-order valence-corrected chi connectivity index (χ4v) is 3.45. The number of carbonyl (C=O) groups excluding carboxylic acids is 1. The lowest BCUT2D eigenvalue weighted by atomic mass is 10.0. The van der Waals surface area contributed by atoms with Crippen LogP contribution in [0.3, 0.4) is 0 Å². The molecule has 0 aromatic carbocycles. The fourth-order valence-electron chi connectivity index (χ4n) is 3.45. The van der Waals surface area contributed by atoms with E-state index in [9.17, 15) is 10.1 Å². The molecule has 0 saturated heterocycles. The summed E-state index contributed by atoms with van der Waals surface area (Å²) in [5.41, 5.74) is 4.03. The highest BCUT2D eigenvalue weighted by Crippen LogP contribution is 2.23. The molecule has 4 aromatic heterocycles. The molecule has 4 heterocycles. The van der Waals surface area contributed by atoms with Crippen LogP contribution >= 0.6 is 0 Å². The Morgan fingerprint density at radius 3 is 2.68 bits per heavy atom. The summed E-state index contributed by atoms with van der Waals surface area (Å²) in [4.78, 5) is 22.8. The first-order valence-corrected chi connectivity index (χ1v) is 9.64. The number of hydrogen-bond acceptors (Lipinski definition) is 8. The van der Waals surface area contributed by atoms with E-state index in [2.05, 4.69) is 31.3 Å². The SMILES string of the molecule is CO[C@@H](C)c1c(CC(=O)Cc2cnc(-n3nccn3)c(C#N)c2)cnc2cc(C)nn12. The smallest absolute Gasteiger partial charge is 0.192 e. The largest absolute Gasteiger partial charge is 0.375 e. The second-order valence-corrected chi connectivity index (χ2v) is 7.14. The molecular weight excluding hydrogens is 396 g/mol. The summed E-state index contributed by atoms with van der Waals surface area (Å²) in [5.74, 6) is 0.286. The number of ether oxygens (including phenoxy) is 1. The van der Waals surface area contributed by atoms with Crippen LogP contribution in [0.15, 0.2) is 36.9 Å². The van der Waals surface area contributed by atoms with Gasteiger partial charge in [-0.2, -0.15) is 20.6 Å². The summed E-state index contributed by atoms with van der Waals surface area (Å²) >= 11 is 0. The molecule has 4 rings (SSSR count). The molecule has 1 atom stereocenters. The maximum atomic E-state index is 12.9. The zero-order chi connectivity index (χ0) is 22.0. The molecule has 4 aromatic rings. The number of nitriles is 1. The van der Waals surface area contributed by atoms with Gasteiger partial charge in [0.1, 0.15) is 11.9 Å². The second-order valence-electron chi connectivity index (χ2n) is 7.14. The fraction of sp³-hybridized carbons (Fsp3) is 0.286. The second kappa shape index (κ2) is 8.41. The maximum Gasteiger partial charge on any atom is 0.192 e. The summed E-state index contributed by atoms with van der Waals surface area (Å²) in [7, 11) is 1.62. The van der Waals surface area contributed by atoms with Crippen molar-refractivity contribution in [2.24, 2.45) is 0 Å². The first kappa shape index (κ1) is 20.3. The molecule has 0 aliphatic carbocycles. The molecular formula is C21H20N8O2. The Balaban J connectivity index is 1.59. The molecule has 0 saturated carbocycles. The van der Waals surface area contributed by atoms with Crippen LogP contribution in [0.1, 0.15) is 41.1 Å². The van der Waals surface area contributed by atoms with Gasteiger partial charge in [-0.25, -0.2) is 14.5 Å². The Morgan fingerprint density at radius 1 is 1.19 bits per heavy atom. The molecule has 0 aliphatic heterocycles. The van der Waals surface area contributed by atoms with E-state index in [0.29, 0.717) is 22.6 Å². The van der Waals surface area contributed by atoms with Gasteiger partial charge in [-0.1, -0.05) is 0 Å². The minimum atomic E-state index is -0.264. The van der Waals surface area contributed by atoms with Gasteiger partial charge in [0.25, 0.3) is 0 Å². The van der Waals surface area contributed by atoms with Crippen molar-refractivity contribution in [3.63, 3.8) is 0 Å². The van der Waals surface area contributed by atoms with Gasteiger partial charge < -0.3 is 4.74 Å². The van der Waals surface area contributed by atoms with Gasteiger partial charge in [0.15, 0.2) is 11.5 Å². The lowest BCUT2D eigenvalue weighted by Gasteiger charge is -2.16. The maximum absolute atomic E-state index is 12.9. The van der Waals surface area contributed by atoms with Crippen LogP contribution in [-0.4, -0.2) is 47.5 Å². The van der Waals surface area contributed by atoms with Crippen molar-refractivity contribution in [1.29, 1.82) is 5.26 Å². The number of aryl methyl sites for hydroxylation is 1. The van der Waals surface area contributed by atoms with Crippen LogP contribution in [0.25, 0.3) is 11.5 Å². The molecule has 156 valence electrons. The van der Waals surface area contributed by atoms with Gasteiger partial charge in [-0.3, -0.25) is 4.79 Å². The molecule has 0 bridgehead atoms. The zero-order valence-electron chi connectivity index (χ0n) is 17.3. The van der Waals surface area contributed by atoms with Gasteiger partial charge in [0.05, 0.1) is 35.4 Å². The normalized spacial score (nSPS) is 12.1. The number of ketones is 1. The van der Waals surface area contributed by atoms with Crippen LogP contribution in [0.4, 0.5) is 0 Å². The quantitative estimate of drug-likeness (QED) is 0.448. The van der Waals surface area contributed by atoms with E-state index in [-0.39, 0.29) is 24.7 Å². The highest BCUT2D eigenvalue weighted by molar-refractivity contribution is 5.83. The van der Waals surface area contributed by atoms with E-state index in [1.807, 2.05) is 19.9 Å². The summed E-state index contributed by atoms with van der Waals surface area (Å²) in [6.45, 7) is 3.80. The van der Waals surface area contributed by atoms with Crippen LogP contribution < -0.4 is 0 Å². The lowest BCUT2D eigenvalue weighted by Crippen LogP contribution is -2.15. The third-order valence-electron chi connectivity index (χ3n) is 4.90. The number of Topliss-reactive ketones (excluding diaryl/α,β-unsaturated/α-hetero) is 1. The summed E-state index contributed by atoms with van der Waals surface area (Å²) in [6.07, 6.45) is 6.30. The third kappa shape index (κ3) is 4.04. The van der Waals surface area contributed by atoms with Gasteiger partial charge >= 0.3 is 0 Å². The molecule has 0 N–H and O–H groups in total. The Hall–Kier alpha value is -3.97. The molecule has 0 unspecified atom stereocenters. The first-order valence-electron chi connectivity index (χ1n) is 9.64. The first-order chi connectivity index (χ1) is 15.0. The monoisotopic (exact) mass is 416 g/mol. The van der Waals surface area contributed by atoms with Crippen molar-refractivity contribution in [2.45, 2.75) is 32.8 Å². The van der Waals surface area contributed by atoms with E-state index in [4.69, 9.17) is 4.74 Å². The summed E-state index contributed by atoms with van der Waals surface area (Å²) in [5, 5.41) is 22.0. The number of pyridine rings is 1. The highest BCUT2D eigenvalue weighted by Gasteiger charge is 2.19. The molecule has 0 amide bonds. The van der Waals surface area contributed by atoms with Gasteiger partial charge in [-0.15, -0.1) is 4.80 Å². The van der Waals surface area contributed by atoms with Crippen LogP contribution in [-0.2, 0) is 22.4 Å². The van der Waals surface area contributed by atoms with Crippen molar-refractivity contribution in [1.82, 2.24) is 34.6 Å². The van der Waals surface area contributed by atoms with Gasteiger partial charge in [0.2, 0.25) is 0 Å². The van der Waals surface area contributed by atoms with Crippen LogP contribution in [0.2, 0.25) is 0 Å². The van der Waals surface area contributed by atoms with Crippen molar-refractivity contribution < 1.29 is 9.53 Å². The molecule has 31 heavy (non-hydrogen) atoms. The van der Waals surface area contributed by atoms with E-state index in [1.54, 1.807) is 30.1 Å². The van der Waals surface area contributed by atoms with Crippen molar-refractivity contribution in [3.8, 4) is 11.9 Å². The highest BCUT2D eigenvalue weighted by atomic mass is 16.5. The minimum absolute atomic E-state index is 0.0368. The number of rotatable bonds is 7. The van der Waals surface area contributed by atoms with Gasteiger partial charge in [-0.05, 0) is 25.5 Å². The number of hydrogen-bond donors (Lipinski definition) is 0. The molecule has 10 nitrogen and oxygen atoms in total. The topological polar surface area (TPSA) is 124 Å². The third-order valence-corrected chi connectivity index (χ3v) is 4.90. The predicted molar refractivity (Wildman–Crippen MR) is 109 cm³/mol. The van der Waals surface area contributed by atoms with Gasteiger partial charge in [0, 0.05) is 44.0 Å². The number of nitrogens with zero attached hydrogens (tertiary/aromatic N) is 8. The Bertz CT molecular complexity index is 1290. The Labute approximate surface area is 178 Å². The number of fused-ring (bicyclic) bond motifs is 1. The Kier molecular flexibility index (Phi) is 5.51. The lowest BCUT2D eigenvalue weighted by molar-refractivity contribution is -0.117. The van der Waals surface area contributed by atoms with E-state index >= 15 is 0 Å². The Morgan fingerprint density at radius 2 is 1.97 bits per heavy atom. The summed E-state index contributed by atoms with van der Waals surface area (Å²) in [6, 6.07) is 5.61.